The second-order valence-electron chi connectivity index (χ2n) is 5.66. The van der Waals surface area contributed by atoms with Crippen LogP contribution < -0.4 is 10.4 Å². The van der Waals surface area contributed by atoms with Crippen LogP contribution in [0.4, 0.5) is 0 Å². The summed E-state index contributed by atoms with van der Waals surface area (Å²) in [6.07, 6.45) is 3.46. The maximum atomic E-state index is 11.8. The van der Waals surface area contributed by atoms with Crippen LogP contribution in [-0.4, -0.2) is 21.7 Å². The molecule has 0 fully saturated rings. The van der Waals surface area contributed by atoms with Gasteiger partial charge in [0.2, 0.25) is 5.91 Å². The van der Waals surface area contributed by atoms with Gasteiger partial charge in [-0.1, -0.05) is 46.3 Å². The molecule has 0 atom stereocenters. The third-order valence-electron chi connectivity index (χ3n) is 3.73. The van der Waals surface area contributed by atoms with Gasteiger partial charge in [0.25, 0.3) is 0 Å². The SMILES string of the molecule is O=C([O-])C=CC(=O)NCc1cn(-c2ccccc2)nc1-c1cccc(Br)c1. The number of hydrogen-bond donors (Lipinski definition) is 1. The lowest BCUT2D eigenvalue weighted by Crippen LogP contribution is -2.23. The van der Waals surface area contributed by atoms with Crippen LogP contribution >= 0.6 is 15.9 Å². The number of para-hydroxylation sites is 1. The second-order valence-corrected chi connectivity index (χ2v) is 6.58. The molecule has 1 heterocycles. The summed E-state index contributed by atoms with van der Waals surface area (Å²) in [4.78, 5) is 22.2. The van der Waals surface area contributed by atoms with Crippen molar-refractivity contribution in [3.8, 4) is 16.9 Å². The number of nitrogens with zero attached hydrogens (tertiary/aromatic N) is 2. The minimum absolute atomic E-state index is 0.199. The zero-order valence-corrected chi connectivity index (χ0v) is 15.7. The number of carbonyl (C=O) groups excluding carboxylic acids is 2. The van der Waals surface area contributed by atoms with E-state index in [1.54, 1.807) is 4.68 Å². The minimum Gasteiger partial charge on any atom is -0.545 e. The molecule has 1 aromatic heterocycles. The number of halogens is 1. The molecule has 0 unspecified atom stereocenters. The minimum atomic E-state index is -1.42. The molecule has 136 valence electrons. The van der Waals surface area contributed by atoms with Crippen LogP contribution in [0.3, 0.4) is 0 Å². The fraction of sp³-hybridized carbons (Fsp3) is 0.0500. The zero-order chi connectivity index (χ0) is 19.2. The molecule has 1 N–H and O–H groups in total. The van der Waals surface area contributed by atoms with E-state index >= 15 is 0 Å². The van der Waals surface area contributed by atoms with Crippen LogP contribution in [0.1, 0.15) is 5.56 Å². The van der Waals surface area contributed by atoms with Crippen molar-refractivity contribution in [1.82, 2.24) is 15.1 Å². The quantitative estimate of drug-likeness (QED) is 0.614. The number of amides is 1. The third kappa shape index (κ3) is 4.92. The van der Waals surface area contributed by atoms with E-state index in [-0.39, 0.29) is 6.54 Å². The first kappa shape index (κ1) is 18.6. The second kappa shape index (κ2) is 8.46. The largest absolute Gasteiger partial charge is 0.545 e. The highest BCUT2D eigenvalue weighted by Crippen LogP contribution is 2.26. The highest BCUT2D eigenvalue weighted by atomic mass is 79.9. The van der Waals surface area contributed by atoms with Gasteiger partial charge in [0.15, 0.2) is 0 Å². The van der Waals surface area contributed by atoms with E-state index in [1.165, 1.54) is 0 Å². The maximum absolute atomic E-state index is 11.8. The molecule has 6 nitrogen and oxygen atoms in total. The van der Waals surface area contributed by atoms with E-state index in [0.29, 0.717) is 6.08 Å². The number of rotatable bonds is 6. The first-order chi connectivity index (χ1) is 13.0. The molecule has 3 rings (SSSR count). The molecule has 0 aliphatic carbocycles. The predicted molar refractivity (Wildman–Crippen MR) is 103 cm³/mol. The molecule has 7 heteroatoms. The van der Waals surface area contributed by atoms with E-state index in [0.717, 1.165) is 33.1 Å². The Morgan fingerprint density at radius 2 is 1.89 bits per heavy atom. The van der Waals surface area contributed by atoms with E-state index in [2.05, 4.69) is 26.3 Å². The van der Waals surface area contributed by atoms with Crippen molar-refractivity contribution in [3.63, 3.8) is 0 Å². The van der Waals surface area contributed by atoms with Crippen molar-refractivity contribution in [2.45, 2.75) is 6.54 Å². The van der Waals surface area contributed by atoms with Gasteiger partial charge < -0.3 is 15.2 Å². The summed E-state index contributed by atoms with van der Waals surface area (Å²) in [5, 5.41) is 17.7. The van der Waals surface area contributed by atoms with Crippen molar-refractivity contribution in [1.29, 1.82) is 0 Å². The first-order valence-corrected chi connectivity index (χ1v) is 8.89. The Labute approximate surface area is 164 Å². The van der Waals surface area contributed by atoms with Gasteiger partial charge in [-0.2, -0.15) is 5.10 Å². The summed E-state index contributed by atoms with van der Waals surface area (Å²) >= 11 is 3.46. The summed E-state index contributed by atoms with van der Waals surface area (Å²) in [5.74, 6) is -1.94. The highest BCUT2D eigenvalue weighted by molar-refractivity contribution is 9.10. The van der Waals surface area contributed by atoms with Crippen LogP contribution in [0.25, 0.3) is 16.9 Å². The van der Waals surface area contributed by atoms with E-state index in [1.807, 2.05) is 60.8 Å². The average Bonchev–Trinajstić information content (AvgIpc) is 3.10. The molecule has 0 saturated heterocycles. The Morgan fingerprint density at radius 3 is 2.59 bits per heavy atom. The number of aromatic nitrogens is 2. The average molecular weight is 425 g/mol. The fourth-order valence-electron chi connectivity index (χ4n) is 2.52. The number of benzene rings is 2. The van der Waals surface area contributed by atoms with Gasteiger partial charge in [0.1, 0.15) is 0 Å². The van der Waals surface area contributed by atoms with Crippen LogP contribution in [0.5, 0.6) is 0 Å². The zero-order valence-electron chi connectivity index (χ0n) is 14.1. The summed E-state index contributed by atoms with van der Waals surface area (Å²) in [5.41, 5.74) is 3.31. The van der Waals surface area contributed by atoms with Gasteiger partial charge in [-0.15, -0.1) is 0 Å². The van der Waals surface area contributed by atoms with Gasteiger partial charge in [-0.05, 0) is 30.3 Å². The lowest BCUT2D eigenvalue weighted by Gasteiger charge is -2.04. The topological polar surface area (TPSA) is 87.0 Å². The van der Waals surface area contributed by atoms with Crippen molar-refractivity contribution < 1.29 is 14.7 Å². The van der Waals surface area contributed by atoms with Crippen LogP contribution in [-0.2, 0) is 16.1 Å². The lowest BCUT2D eigenvalue weighted by atomic mass is 10.1. The molecule has 1 amide bonds. The predicted octanol–water partition coefficient (Wildman–Crippen LogP) is 2.22. The Hall–Kier alpha value is -3.19. The number of hydrogen-bond acceptors (Lipinski definition) is 4. The van der Waals surface area contributed by atoms with Gasteiger partial charge in [-0.25, -0.2) is 4.68 Å². The van der Waals surface area contributed by atoms with E-state index in [9.17, 15) is 14.7 Å². The number of aliphatic carboxylic acids is 1. The third-order valence-corrected chi connectivity index (χ3v) is 4.23. The van der Waals surface area contributed by atoms with Crippen LogP contribution in [0, 0.1) is 0 Å². The smallest absolute Gasteiger partial charge is 0.244 e. The van der Waals surface area contributed by atoms with Crippen molar-refractivity contribution in [3.05, 3.63) is 83.0 Å². The molecule has 0 radical (unpaired) electrons. The number of carbonyl (C=O) groups is 2. The molecule has 0 saturated carbocycles. The van der Waals surface area contributed by atoms with Crippen molar-refractivity contribution in [2.75, 3.05) is 0 Å². The molecule has 0 aliphatic rings. The monoisotopic (exact) mass is 424 g/mol. The normalized spacial score (nSPS) is 10.9. The Bertz CT molecular complexity index is 997. The van der Waals surface area contributed by atoms with Crippen molar-refractivity contribution in [2.24, 2.45) is 0 Å². The number of carboxylic acid groups (broad SMARTS) is 1. The summed E-state index contributed by atoms with van der Waals surface area (Å²) in [6, 6.07) is 17.3. The Balaban J connectivity index is 1.92. The molecular weight excluding hydrogens is 410 g/mol. The summed E-state index contributed by atoms with van der Waals surface area (Å²) in [7, 11) is 0. The molecule has 0 bridgehead atoms. The molecule has 2 aromatic carbocycles. The number of nitrogens with one attached hydrogen (secondary N) is 1. The van der Waals surface area contributed by atoms with Gasteiger partial charge in [0, 0.05) is 34.4 Å². The molecule has 27 heavy (non-hydrogen) atoms. The summed E-state index contributed by atoms with van der Waals surface area (Å²) < 4.78 is 2.66. The molecule has 0 spiro atoms. The fourth-order valence-corrected chi connectivity index (χ4v) is 2.92. The maximum Gasteiger partial charge on any atom is 0.244 e. The molecule has 0 aliphatic heterocycles. The first-order valence-electron chi connectivity index (χ1n) is 8.10. The van der Waals surface area contributed by atoms with Crippen LogP contribution in [0.15, 0.2) is 77.4 Å². The number of carboxylic acids is 1. The van der Waals surface area contributed by atoms with Crippen LogP contribution in [0.2, 0.25) is 0 Å². The highest BCUT2D eigenvalue weighted by Gasteiger charge is 2.13. The van der Waals surface area contributed by atoms with Crippen molar-refractivity contribution >= 4 is 27.8 Å². The lowest BCUT2D eigenvalue weighted by molar-refractivity contribution is -0.297. The van der Waals surface area contributed by atoms with E-state index in [4.69, 9.17) is 0 Å². The van der Waals surface area contributed by atoms with E-state index < -0.39 is 11.9 Å². The molecule has 3 aromatic rings. The Kier molecular flexibility index (Phi) is 5.83. The Morgan fingerprint density at radius 1 is 1.11 bits per heavy atom. The standard InChI is InChI=1S/C20H16BrN3O3/c21-16-6-4-5-14(11-16)20-15(12-22-18(25)9-10-19(26)27)13-24(23-20)17-7-2-1-3-8-17/h1-11,13H,12H2,(H,22,25)(H,26,27)/p-1. The van der Waals surface area contributed by atoms with Gasteiger partial charge in [-0.3, -0.25) is 4.79 Å². The van der Waals surface area contributed by atoms with Gasteiger partial charge in [0.05, 0.1) is 17.4 Å². The van der Waals surface area contributed by atoms with Gasteiger partial charge >= 0.3 is 0 Å². The summed E-state index contributed by atoms with van der Waals surface area (Å²) in [6.45, 7) is 0.199. The molecular formula is C20H15BrN3O3-.